The summed E-state index contributed by atoms with van der Waals surface area (Å²) in [6.07, 6.45) is 0. The monoisotopic (exact) mass is 151 g/mol. The van der Waals surface area contributed by atoms with Crippen molar-refractivity contribution in [3.8, 4) is 0 Å². The average molecular weight is 151 g/mol. The molecule has 0 aromatic rings. The average Bonchev–Trinajstić information content (AvgIpc) is 2.01. The van der Waals surface area contributed by atoms with Gasteiger partial charge in [-0.25, -0.2) is 0 Å². The van der Waals surface area contributed by atoms with Gasteiger partial charge in [0.05, 0.1) is 19.8 Å². The molecule has 0 radical (unpaired) electrons. The van der Waals surface area contributed by atoms with Crippen LogP contribution in [0.3, 0.4) is 0 Å². The number of aliphatic hydroxyl groups excluding tert-OH is 2. The van der Waals surface area contributed by atoms with Crippen LogP contribution in [0.5, 0.6) is 0 Å². The second kappa shape index (κ2) is 15.9. The van der Waals surface area contributed by atoms with E-state index in [2.05, 4.69) is 0 Å². The minimum atomic E-state index is 0.0972. The zero-order chi connectivity index (χ0) is 8.24. The van der Waals surface area contributed by atoms with Gasteiger partial charge in [0.25, 0.3) is 0 Å². The molecule has 4 nitrogen and oxygen atoms in total. The summed E-state index contributed by atoms with van der Waals surface area (Å²) in [5, 5.41) is 15.8. The van der Waals surface area contributed by atoms with Crippen molar-refractivity contribution in [2.45, 2.75) is 6.92 Å². The number of nitrogens with two attached hydrogens (primary N) is 1. The van der Waals surface area contributed by atoms with E-state index in [0.29, 0.717) is 19.8 Å². The molecular weight excluding hydrogens is 134 g/mol. The zero-order valence-corrected chi connectivity index (χ0v) is 6.42. The van der Waals surface area contributed by atoms with Crippen LogP contribution in [0.4, 0.5) is 0 Å². The van der Waals surface area contributed by atoms with E-state index >= 15 is 0 Å². The van der Waals surface area contributed by atoms with Gasteiger partial charge in [-0.3, -0.25) is 0 Å². The number of hydrogen-bond donors (Lipinski definition) is 3. The third-order valence-corrected chi connectivity index (χ3v) is 0.569. The van der Waals surface area contributed by atoms with Gasteiger partial charge in [-0.2, -0.15) is 0 Å². The summed E-state index contributed by atoms with van der Waals surface area (Å²) < 4.78 is 4.73. The number of ether oxygens (including phenoxy) is 1. The van der Waals surface area contributed by atoms with E-state index in [1.165, 1.54) is 0 Å². The first kappa shape index (κ1) is 12.5. The normalized spacial score (nSPS) is 8.40. The Bertz CT molecular complexity index is 38.0. The molecule has 0 saturated carbocycles. The molecule has 0 saturated heterocycles. The topological polar surface area (TPSA) is 75.7 Å². The lowest BCUT2D eigenvalue weighted by molar-refractivity contribution is 0.102. The van der Waals surface area contributed by atoms with Crippen LogP contribution in [0, 0.1) is 0 Å². The fourth-order valence-electron chi connectivity index (χ4n) is 0.209. The van der Waals surface area contributed by atoms with Crippen molar-refractivity contribution in [3.05, 3.63) is 0 Å². The summed E-state index contributed by atoms with van der Waals surface area (Å²) in [5.74, 6) is 0. The molecular formula is C6H17NO3. The van der Waals surface area contributed by atoms with Crippen molar-refractivity contribution < 1.29 is 14.9 Å². The van der Waals surface area contributed by atoms with Gasteiger partial charge < -0.3 is 20.7 Å². The largest absolute Gasteiger partial charge is 0.395 e. The highest BCUT2D eigenvalue weighted by Gasteiger charge is 1.73. The molecule has 0 aromatic heterocycles. The maximum absolute atomic E-state index is 8.07. The Morgan fingerprint density at radius 2 is 1.80 bits per heavy atom. The quantitative estimate of drug-likeness (QED) is 0.448. The van der Waals surface area contributed by atoms with E-state index in [9.17, 15) is 0 Å². The van der Waals surface area contributed by atoms with Crippen LogP contribution < -0.4 is 5.73 Å². The molecule has 4 N–H and O–H groups in total. The van der Waals surface area contributed by atoms with Gasteiger partial charge in [0.15, 0.2) is 0 Å². The standard InChI is InChI=1S/C4H10O2.C2H7NO/c1-2-6-4-3-5;3-1-2-4/h5H,2-4H2,1H3;4H,1-3H2. The van der Waals surface area contributed by atoms with E-state index in [-0.39, 0.29) is 13.2 Å². The zero-order valence-electron chi connectivity index (χ0n) is 6.42. The molecule has 0 aliphatic heterocycles. The minimum absolute atomic E-state index is 0.0972. The predicted octanol–water partition coefficient (Wildman–Crippen LogP) is -1.05. The summed E-state index contributed by atoms with van der Waals surface area (Å²) in [6.45, 7) is 3.67. The molecule has 4 heteroatoms. The van der Waals surface area contributed by atoms with Crippen molar-refractivity contribution >= 4 is 0 Å². The summed E-state index contributed by atoms with van der Waals surface area (Å²) in [5.41, 5.74) is 4.78. The van der Waals surface area contributed by atoms with Crippen molar-refractivity contribution in [2.24, 2.45) is 5.73 Å². The Morgan fingerprint density at radius 3 is 1.90 bits per heavy atom. The number of hydrogen-bond acceptors (Lipinski definition) is 4. The Hall–Kier alpha value is -0.160. The maximum atomic E-state index is 8.07. The number of rotatable bonds is 4. The molecule has 0 unspecified atom stereocenters. The Balaban J connectivity index is 0. The van der Waals surface area contributed by atoms with Gasteiger partial charge >= 0.3 is 0 Å². The predicted molar refractivity (Wildman–Crippen MR) is 39.7 cm³/mol. The van der Waals surface area contributed by atoms with E-state index in [4.69, 9.17) is 20.7 Å². The lowest BCUT2D eigenvalue weighted by Crippen LogP contribution is -2.02. The second-order valence-corrected chi connectivity index (χ2v) is 1.43. The fraction of sp³-hybridized carbons (Fsp3) is 1.00. The summed E-state index contributed by atoms with van der Waals surface area (Å²) >= 11 is 0. The van der Waals surface area contributed by atoms with E-state index in [1.807, 2.05) is 6.92 Å². The highest BCUT2D eigenvalue weighted by atomic mass is 16.5. The second-order valence-electron chi connectivity index (χ2n) is 1.43. The molecule has 10 heavy (non-hydrogen) atoms. The van der Waals surface area contributed by atoms with Gasteiger partial charge in [-0.15, -0.1) is 0 Å². The van der Waals surface area contributed by atoms with Gasteiger partial charge in [-0.1, -0.05) is 0 Å². The molecule has 0 amide bonds. The van der Waals surface area contributed by atoms with Gasteiger partial charge in [0.2, 0.25) is 0 Å². The van der Waals surface area contributed by atoms with Gasteiger partial charge in [-0.05, 0) is 6.92 Å². The molecule has 0 bridgehead atoms. The highest BCUT2D eigenvalue weighted by molar-refractivity contribution is 4.18. The SMILES string of the molecule is CCOCCO.NCCO. The molecule has 0 aliphatic rings. The lowest BCUT2D eigenvalue weighted by atomic mass is 10.8. The molecule has 0 spiro atoms. The molecule has 0 atom stereocenters. The molecule has 0 fully saturated rings. The first-order valence-corrected chi connectivity index (χ1v) is 3.33. The highest BCUT2D eigenvalue weighted by Crippen LogP contribution is 1.66. The van der Waals surface area contributed by atoms with E-state index in [1.54, 1.807) is 0 Å². The minimum Gasteiger partial charge on any atom is -0.395 e. The first-order chi connectivity index (χ1) is 4.83. The fourth-order valence-corrected chi connectivity index (χ4v) is 0.209. The van der Waals surface area contributed by atoms with E-state index < -0.39 is 0 Å². The van der Waals surface area contributed by atoms with Crippen LogP contribution in [0.25, 0.3) is 0 Å². The summed E-state index contributed by atoms with van der Waals surface area (Å²) in [4.78, 5) is 0. The van der Waals surface area contributed by atoms with Crippen LogP contribution in [0.2, 0.25) is 0 Å². The number of aliphatic hydroxyl groups is 2. The Labute approximate surface area is 61.6 Å². The molecule has 0 heterocycles. The summed E-state index contributed by atoms with van der Waals surface area (Å²) in [6, 6.07) is 0. The Morgan fingerprint density at radius 1 is 1.30 bits per heavy atom. The van der Waals surface area contributed by atoms with Crippen molar-refractivity contribution in [1.29, 1.82) is 0 Å². The maximum Gasteiger partial charge on any atom is 0.0697 e. The van der Waals surface area contributed by atoms with Crippen LogP contribution in [0.1, 0.15) is 6.92 Å². The molecule has 0 aromatic carbocycles. The van der Waals surface area contributed by atoms with E-state index in [0.717, 1.165) is 0 Å². The lowest BCUT2D eigenvalue weighted by Gasteiger charge is -1.91. The van der Waals surface area contributed by atoms with Crippen molar-refractivity contribution in [2.75, 3.05) is 33.0 Å². The van der Waals surface area contributed by atoms with Crippen molar-refractivity contribution in [3.63, 3.8) is 0 Å². The van der Waals surface area contributed by atoms with Crippen LogP contribution in [0.15, 0.2) is 0 Å². The van der Waals surface area contributed by atoms with Crippen molar-refractivity contribution in [1.82, 2.24) is 0 Å². The van der Waals surface area contributed by atoms with Crippen LogP contribution >= 0.6 is 0 Å². The van der Waals surface area contributed by atoms with Crippen LogP contribution in [-0.4, -0.2) is 43.2 Å². The molecule has 0 aliphatic carbocycles. The van der Waals surface area contributed by atoms with Gasteiger partial charge in [0, 0.05) is 13.2 Å². The van der Waals surface area contributed by atoms with Crippen LogP contribution in [-0.2, 0) is 4.74 Å². The first-order valence-electron chi connectivity index (χ1n) is 3.33. The third kappa shape index (κ3) is 24.9. The Kier molecular flexibility index (Phi) is 19.9. The third-order valence-electron chi connectivity index (χ3n) is 0.569. The summed E-state index contributed by atoms with van der Waals surface area (Å²) in [7, 11) is 0. The smallest absolute Gasteiger partial charge is 0.0697 e. The molecule has 64 valence electrons. The molecule has 0 rings (SSSR count). The van der Waals surface area contributed by atoms with Gasteiger partial charge in [0.1, 0.15) is 0 Å².